The molecular weight excluding hydrogens is 282 g/mol. The van der Waals surface area contributed by atoms with Crippen molar-refractivity contribution in [2.24, 2.45) is 5.73 Å². The number of primary amides is 1. The highest BCUT2D eigenvalue weighted by molar-refractivity contribution is 5.97. The number of hydrogen-bond acceptors (Lipinski definition) is 4. The standard InChI is InChI=1S/C16H17N3O3/c1-11(15(17)20)19-16(21)13-2-4-14(5-3-13)22-10-12-6-8-18-9-7-12/h2-9,11H,10H2,1H3,(H2,17,20)(H,19,21). The number of nitrogens with zero attached hydrogens (tertiary/aromatic N) is 1. The molecule has 0 saturated heterocycles. The number of carbonyl (C=O) groups excluding carboxylic acids is 2. The zero-order valence-electron chi connectivity index (χ0n) is 12.2. The summed E-state index contributed by atoms with van der Waals surface area (Å²) >= 11 is 0. The van der Waals surface area contributed by atoms with E-state index in [0.717, 1.165) is 5.56 Å². The third-order valence-corrected chi connectivity index (χ3v) is 3.05. The van der Waals surface area contributed by atoms with E-state index in [2.05, 4.69) is 10.3 Å². The Kier molecular flexibility index (Phi) is 5.08. The molecule has 1 atom stereocenters. The average Bonchev–Trinajstić information content (AvgIpc) is 2.54. The fourth-order valence-electron chi connectivity index (χ4n) is 1.70. The van der Waals surface area contributed by atoms with Crippen LogP contribution in [0.4, 0.5) is 0 Å². The van der Waals surface area contributed by atoms with E-state index in [0.29, 0.717) is 17.9 Å². The lowest BCUT2D eigenvalue weighted by Gasteiger charge is -2.11. The molecule has 0 aliphatic carbocycles. The van der Waals surface area contributed by atoms with E-state index in [1.165, 1.54) is 6.92 Å². The summed E-state index contributed by atoms with van der Waals surface area (Å²) in [6.07, 6.45) is 3.40. The smallest absolute Gasteiger partial charge is 0.251 e. The molecule has 2 amide bonds. The number of aromatic nitrogens is 1. The second kappa shape index (κ2) is 7.21. The summed E-state index contributed by atoms with van der Waals surface area (Å²) in [6.45, 7) is 1.96. The van der Waals surface area contributed by atoms with Crippen molar-refractivity contribution < 1.29 is 14.3 Å². The molecule has 1 aromatic carbocycles. The largest absolute Gasteiger partial charge is 0.489 e. The van der Waals surface area contributed by atoms with Crippen molar-refractivity contribution in [3.05, 3.63) is 59.9 Å². The van der Waals surface area contributed by atoms with Gasteiger partial charge in [0.15, 0.2) is 0 Å². The van der Waals surface area contributed by atoms with Crippen LogP contribution in [-0.2, 0) is 11.4 Å². The molecule has 2 aromatic rings. The maximum Gasteiger partial charge on any atom is 0.251 e. The topological polar surface area (TPSA) is 94.3 Å². The molecule has 0 bridgehead atoms. The fourth-order valence-corrected chi connectivity index (χ4v) is 1.70. The van der Waals surface area contributed by atoms with Gasteiger partial charge in [-0.2, -0.15) is 0 Å². The molecule has 3 N–H and O–H groups in total. The second-order valence-electron chi connectivity index (χ2n) is 4.77. The minimum Gasteiger partial charge on any atom is -0.489 e. The first-order chi connectivity index (χ1) is 10.6. The summed E-state index contributed by atoms with van der Waals surface area (Å²) < 4.78 is 5.61. The van der Waals surface area contributed by atoms with E-state index in [1.54, 1.807) is 36.7 Å². The number of amides is 2. The second-order valence-corrected chi connectivity index (χ2v) is 4.77. The lowest BCUT2D eigenvalue weighted by molar-refractivity contribution is -0.119. The summed E-state index contributed by atoms with van der Waals surface area (Å²) in [5, 5.41) is 2.51. The number of pyridine rings is 1. The third kappa shape index (κ3) is 4.31. The monoisotopic (exact) mass is 299 g/mol. The van der Waals surface area contributed by atoms with Crippen LogP contribution in [0.3, 0.4) is 0 Å². The van der Waals surface area contributed by atoms with Crippen LogP contribution in [-0.4, -0.2) is 22.8 Å². The predicted molar refractivity (Wildman–Crippen MR) is 81.1 cm³/mol. The molecule has 2 rings (SSSR count). The molecule has 0 fully saturated rings. The minimum atomic E-state index is -0.713. The first-order valence-electron chi connectivity index (χ1n) is 6.78. The number of rotatable bonds is 6. The molecule has 6 heteroatoms. The van der Waals surface area contributed by atoms with Gasteiger partial charge in [-0.1, -0.05) is 0 Å². The van der Waals surface area contributed by atoms with E-state index in [4.69, 9.17) is 10.5 Å². The Hall–Kier alpha value is -2.89. The van der Waals surface area contributed by atoms with Gasteiger partial charge < -0.3 is 15.8 Å². The zero-order valence-corrected chi connectivity index (χ0v) is 12.2. The predicted octanol–water partition coefficient (Wildman–Crippen LogP) is 1.26. The van der Waals surface area contributed by atoms with Gasteiger partial charge in [-0.3, -0.25) is 14.6 Å². The molecule has 114 valence electrons. The number of nitrogens with one attached hydrogen (secondary N) is 1. The molecule has 0 aliphatic rings. The van der Waals surface area contributed by atoms with Gasteiger partial charge in [0.1, 0.15) is 18.4 Å². The van der Waals surface area contributed by atoms with Crippen LogP contribution in [0.2, 0.25) is 0 Å². The van der Waals surface area contributed by atoms with Crippen molar-refractivity contribution in [3.8, 4) is 5.75 Å². The highest BCUT2D eigenvalue weighted by Gasteiger charge is 2.13. The third-order valence-electron chi connectivity index (χ3n) is 3.05. The van der Waals surface area contributed by atoms with Crippen LogP contribution >= 0.6 is 0 Å². The van der Waals surface area contributed by atoms with Crippen LogP contribution in [0.1, 0.15) is 22.8 Å². The molecule has 0 aliphatic heterocycles. The van der Waals surface area contributed by atoms with Crippen molar-refractivity contribution in [2.45, 2.75) is 19.6 Å². The van der Waals surface area contributed by atoms with Gasteiger partial charge in [-0.05, 0) is 48.9 Å². The number of carbonyl (C=O) groups is 2. The van der Waals surface area contributed by atoms with Crippen molar-refractivity contribution >= 4 is 11.8 Å². The Morgan fingerprint density at radius 3 is 2.41 bits per heavy atom. The quantitative estimate of drug-likeness (QED) is 0.839. The highest BCUT2D eigenvalue weighted by Crippen LogP contribution is 2.14. The number of ether oxygens (including phenoxy) is 1. The van der Waals surface area contributed by atoms with Crippen LogP contribution in [0, 0.1) is 0 Å². The van der Waals surface area contributed by atoms with Crippen LogP contribution in [0.25, 0.3) is 0 Å². The molecule has 6 nitrogen and oxygen atoms in total. The maximum absolute atomic E-state index is 11.9. The lowest BCUT2D eigenvalue weighted by atomic mass is 10.2. The van der Waals surface area contributed by atoms with Crippen molar-refractivity contribution in [1.82, 2.24) is 10.3 Å². The molecule has 0 spiro atoms. The van der Waals surface area contributed by atoms with Crippen LogP contribution in [0.5, 0.6) is 5.75 Å². The number of benzene rings is 1. The molecule has 0 radical (unpaired) electrons. The molecule has 22 heavy (non-hydrogen) atoms. The summed E-state index contributed by atoms with van der Waals surface area (Å²) in [7, 11) is 0. The van der Waals surface area contributed by atoms with Crippen LogP contribution < -0.4 is 15.8 Å². The molecular formula is C16H17N3O3. The summed E-state index contributed by atoms with van der Waals surface area (Å²) in [4.78, 5) is 26.7. The van der Waals surface area contributed by atoms with Gasteiger partial charge >= 0.3 is 0 Å². The van der Waals surface area contributed by atoms with E-state index in [9.17, 15) is 9.59 Å². The zero-order chi connectivity index (χ0) is 15.9. The van der Waals surface area contributed by atoms with Gasteiger partial charge in [0.2, 0.25) is 5.91 Å². The SMILES string of the molecule is CC(NC(=O)c1ccc(OCc2ccncc2)cc1)C(N)=O. The molecule has 1 unspecified atom stereocenters. The maximum atomic E-state index is 11.9. The van der Waals surface area contributed by atoms with Crippen molar-refractivity contribution in [2.75, 3.05) is 0 Å². The van der Waals surface area contributed by atoms with Crippen molar-refractivity contribution in [1.29, 1.82) is 0 Å². The van der Waals surface area contributed by atoms with Gasteiger partial charge in [0, 0.05) is 18.0 Å². The van der Waals surface area contributed by atoms with Gasteiger partial charge in [-0.15, -0.1) is 0 Å². The van der Waals surface area contributed by atoms with E-state index < -0.39 is 11.9 Å². The Bertz CT molecular complexity index is 641. The Balaban J connectivity index is 1.92. The Morgan fingerprint density at radius 2 is 1.82 bits per heavy atom. The van der Waals surface area contributed by atoms with Crippen LogP contribution in [0.15, 0.2) is 48.8 Å². The lowest BCUT2D eigenvalue weighted by Crippen LogP contribution is -2.42. The highest BCUT2D eigenvalue weighted by atomic mass is 16.5. The van der Waals surface area contributed by atoms with Gasteiger partial charge in [0.05, 0.1) is 0 Å². The van der Waals surface area contributed by atoms with E-state index in [-0.39, 0.29) is 5.91 Å². The first-order valence-corrected chi connectivity index (χ1v) is 6.78. The first kappa shape index (κ1) is 15.5. The van der Waals surface area contributed by atoms with Crippen molar-refractivity contribution in [3.63, 3.8) is 0 Å². The van der Waals surface area contributed by atoms with E-state index >= 15 is 0 Å². The Morgan fingerprint density at radius 1 is 1.18 bits per heavy atom. The molecule has 0 saturated carbocycles. The Labute approximate surface area is 128 Å². The average molecular weight is 299 g/mol. The minimum absolute atomic E-state index is 0.355. The normalized spacial score (nSPS) is 11.5. The fraction of sp³-hybridized carbons (Fsp3) is 0.188. The molecule has 1 aromatic heterocycles. The van der Waals surface area contributed by atoms with E-state index in [1.807, 2.05) is 12.1 Å². The number of nitrogens with two attached hydrogens (primary N) is 1. The van der Waals surface area contributed by atoms with Gasteiger partial charge in [-0.25, -0.2) is 0 Å². The number of hydrogen-bond donors (Lipinski definition) is 2. The van der Waals surface area contributed by atoms with Gasteiger partial charge in [0.25, 0.3) is 5.91 Å². The summed E-state index contributed by atoms with van der Waals surface area (Å²) in [5.74, 6) is -0.283. The summed E-state index contributed by atoms with van der Waals surface area (Å²) in [5.41, 5.74) is 6.54. The summed E-state index contributed by atoms with van der Waals surface area (Å²) in [6, 6.07) is 9.68. The molecule has 1 heterocycles.